The van der Waals surface area contributed by atoms with Crippen molar-refractivity contribution in [3.63, 3.8) is 0 Å². The van der Waals surface area contributed by atoms with Crippen LogP contribution in [0, 0.1) is 0 Å². The van der Waals surface area contributed by atoms with Crippen molar-refractivity contribution in [3.05, 3.63) is 30.1 Å². The smallest absolute Gasteiger partial charge is 0.240 e. The van der Waals surface area contributed by atoms with Gasteiger partial charge in [-0.3, -0.25) is 9.78 Å². The Kier molecular flexibility index (Phi) is 3.43. The minimum absolute atomic E-state index is 0.0217. The van der Waals surface area contributed by atoms with Crippen molar-refractivity contribution in [2.45, 2.75) is 44.2 Å². The third kappa shape index (κ3) is 2.64. The maximum absolute atomic E-state index is 12.1. The van der Waals surface area contributed by atoms with Gasteiger partial charge in [0, 0.05) is 12.4 Å². The summed E-state index contributed by atoms with van der Waals surface area (Å²) in [4.78, 5) is 16.1. The maximum Gasteiger partial charge on any atom is 0.240 e. The van der Waals surface area contributed by atoms with Crippen LogP contribution in [0.5, 0.6) is 0 Å². The lowest BCUT2D eigenvalue weighted by Crippen LogP contribution is -2.52. The second kappa shape index (κ2) is 4.84. The van der Waals surface area contributed by atoms with E-state index in [1.165, 1.54) is 0 Å². The number of hydrogen-bond acceptors (Lipinski definition) is 3. The number of rotatable bonds is 3. The zero-order valence-corrected chi connectivity index (χ0v) is 10.1. The molecule has 1 aliphatic carbocycles. The van der Waals surface area contributed by atoms with E-state index in [1.54, 1.807) is 12.4 Å². The molecule has 1 aromatic rings. The van der Waals surface area contributed by atoms with Gasteiger partial charge in [-0.1, -0.05) is 12.8 Å². The van der Waals surface area contributed by atoms with E-state index >= 15 is 0 Å². The Morgan fingerprint density at radius 2 is 2.00 bits per heavy atom. The normalized spacial score (nSPS) is 19.9. The summed E-state index contributed by atoms with van der Waals surface area (Å²) < 4.78 is 0. The Morgan fingerprint density at radius 1 is 1.41 bits per heavy atom. The first kappa shape index (κ1) is 12.0. The van der Waals surface area contributed by atoms with Crippen LogP contribution < -0.4 is 11.1 Å². The molecule has 2 rings (SSSR count). The van der Waals surface area contributed by atoms with Crippen LogP contribution in [0.2, 0.25) is 0 Å². The van der Waals surface area contributed by atoms with Gasteiger partial charge in [-0.25, -0.2) is 0 Å². The maximum atomic E-state index is 12.1. The van der Waals surface area contributed by atoms with Crippen LogP contribution in [0.25, 0.3) is 0 Å². The molecular weight excluding hydrogens is 214 g/mol. The predicted molar refractivity (Wildman–Crippen MR) is 66.2 cm³/mol. The number of carbonyl (C=O) groups excluding carboxylic acids is 1. The Morgan fingerprint density at radius 3 is 2.59 bits per heavy atom. The molecule has 1 amide bonds. The molecule has 1 aromatic heterocycles. The Balaban J connectivity index is 1.99. The molecule has 4 nitrogen and oxygen atoms in total. The first-order chi connectivity index (χ1) is 8.12. The van der Waals surface area contributed by atoms with Gasteiger partial charge in [0.15, 0.2) is 0 Å². The molecule has 0 aromatic carbocycles. The summed E-state index contributed by atoms with van der Waals surface area (Å²) in [6.45, 7) is 1.96. The summed E-state index contributed by atoms with van der Waals surface area (Å²) in [5, 5.41) is 2.99. The van der Waals surface area contributed by atoms with E-state index in [1.807, 2.05) is 19.1 Å². The van der Waals surface area contributed by atoms with E-state index in [0.717, 1.165) is 31.2 Å². The van der Waals surface area contributed by atoms with Crippen molar-refractivity contribution in [1.82, 2.24) is 10.3 Å². The molecule has 1 fully saturated rings. The molecule has 17 heavy (non-hydrogen) atoms. The van der Waals surface area contributed by atoms with Crippen LogP contribution in [0.4, 0.5) is 0 Å². The van der Waals surface area contributed by atoms with Gasteiger partial charge in [0.2, 0.25) is 5.91 Å². The van der Waals surface area contributed by atoms with Crippen molar-refractivity contribution in [3.8, 4) is 0 Å². The highest BCUT2D eigenvalue weighted by atomic mass is 16.2. The van der Waals surface area contributed by atoms with E-state index in [9.17, 15) is 4.79 Å². The SMILES string of the molecule is C[C@H](NC(=O)C1(N)CCCC1)c1ccncc1. The molecule has 4 heteroatoms. The van der Waals surface area contributed by atoms with Crippen LogP contribution in [0.3, 0.4) is 0 Å². The van der Waals surface area contributed by atoms with Crippen molar-refractivity contribution in [2.24, 2.45) is 5.73 Å². The molecule has 0 radical (unpaired) electrons. The van der Waals surface area contributed by atoms with Gasteiger partial charge in [0.1, 0.15) is 0 Å². The zero-order valence-electron chi connectivity index (χ0n) is 10.1. The molecule has 0 unspecified atom stereocenters. The fraction of sp³-hybridized carbons (Fsp3) is 0.538. The van der Waals surface area contributed by atoms with Crippen molar-refractivity contribution >= 4 is 5.91 Å². The number of carbonyl (C=O) groups is 1. The largest absolute Gasteiger partial charge is 0.348 e. The molecular formula is C13H19N3O. The second-order valence-electron chi connectivity index (χ2n) is 4.84. The Bertz CT molecular complexity index is 385. The van der Waals surface area contributed by atoms with Gasteiger partial charge in [0.25, 0.3) is 0 Å². The Labute approximate surface area is 102 Å². The number of pyridine rings is 1. The summed E-state index contributed by atoms with van der Waals surface area (Å²) in [6.07, 6.45) is 7.14. The third-order valence-corrected chi connectivity index (χ3v) is 3.50. The molecule has 1 saturated carbocycles. The fourth-order valence-corrected chi connectivity index (χ4v) is 2.31. The highest BCUT2D eigenvalue weighted by molar-refractivity contribution is 5.86. The summed E-state index contributed by atoms with van der Waals surface area (Å²) in [5.74, 6) is -0.0284. The minimum atomic E-state index is -0.651. The fourth-order valence-electron chi connectivity index (χ4n) is 2.31. The number of amides is 1. The predicted octanol–water partition coefficient (Wildman–Crippen LogP) is 1.53. The monoisotopic (exact) mass is 233 g/mol. The third-order valence-electron chi connectivity index (χ3n) is 3.50. The highest BCUT2D eigenvalue weighted by Gasteiger charge is 2.37. The van der Waals surface area contributed by atoms with Crippen molar-refractivity contribution < 1.29 is 4.79 Å². The first-order valence-corrected chi connectivity index (χ1v) is 6.12. The summed E-state index contributed by atoms with van der Waals surface area (Å²) in [6, 6.07) is 3.79. The summed E-state index contributed by atoms with van der Waals surface area (Å²) in [5.41, 5.74) is 6.50. The van der Waals surface area contributed by atoms with Gasteiger partial charge < -0.3 is 11.1 Å². The molecule has 3 N–H and O–H groups in total. The average Bonchev–Trinajstić information content (AvgIpc) is 2.78. The molecule has 1 atom stereocenters. The van der Waals surface area contributed by atoms with E-state index in [2.05, 4.69) is 10.3 Å². The number of nitrogens with two attached hydrogens (primary N) is 1. The van der Waals surface area contributed by atoms with Crippen molar-refractivity contribution in [2.75, 3.05) is 0 Å². The average molecular weight is 233 g/mol. The van der Waals surface area contributed by atoms with Gasteiger partial charge in [0.05, 0.1) is 11.6 Å². The topological polar surface area (TPSA) is 68.0 Å². The van der Waals surface area contributed by atoms with Gasteiger partial charge >= 0.3 is 0 Å². The summed E-state index contributed by atoms with van der Waals surface area (Å²) >= 11 is 0. The van der Waals surface area contributed by atoms with E-state index in [-0.39, 0.29) is 11.9 Å². The molecule has 0 bridgehead atoms. The van der Waals surface area contributed by atoms with E-state index in [0.29, 0.717) is 0 Å². The van der Waals surface area contributed by atoms with Crippen LogP contribution in [0.1, 0.15) is 44.2 Å². The van der Waals surface area contributed by atoms with Crippen molar-refractivity contribution in [1.29, 1.82) is 0 Å². The number of hydrogen-bond donors (Lipinski definition) is 2. The highest BCUT2D eigenvalue weighted by Crippen LogP contribution is 2.28. The van der Waals surface area contributed by atoms with Gasteiger partial charge in [-0.15, -0.1) is 0 Å². The Hall–Kier alpha value is -1.42. The number of aromatic nitrogens is 1. The van der Waals surface area contributed by atoms with Gasteiger partial charge in [-0.2, -0.15) is 0 Å². The lowest BCUT2D eigenvalue weighted by atomic mass is 9.97. The lowest BCUT2D eigenvalue weighted by molar-refractivity contribution is -0.126. The van der Waals surface area contributed by atoms with Crippen LogP contribution in [-0.2, 0) is 4.79 Å². The quantitative estimate of drug-likeness (QED) is 0.832. The van der Waals surface area contributed by atoms with Crippen LogP contribution in [0.15, 0.2) is 24.5 Å². The minimum Gasteiger partial charge on any atom is -0.348 e. The molecule has 0 aliphatic heterocycles. The summed E-state index contributed by atoms with van der Waals surface area (Å²) in [7, 11) is 0. The number of nitrogens with zero attached hydrogens (tertiary/aromatic N) is 1. The molecule has 0 saturated heterocycles. The zero-order chi connectivity index (χ0) is 12.3. The van der Waals surface area contributed by atoms with Crippen LogP contribution in [-0.4, -0.2) is 16.4 Å². The molecule has 0 spiro atoms. The molecule has 92 valence electrons. The first-order valence-electron chi connectivity index (χ1n) is 6.12. The lowest BCUT2D eigenvalue weighted by Gasteiger charge is -2.25. The standard InChI is InChI=1S/C13H19N3O/c1-10(11-4-8-15-9-5-11)16-12(17)13(14)6-2-3-7-13/h4-5,8-10H,2-3,6-7,14H2,1H3,(H,16,17)/t10-/m0/s1. The molecule has 1 aliphatic rings. The second-order valence-corrected chi connectivity index (χ2v) is 4.84. The molecule has 1 heterocycles. The van der Waals surface area contributed by atoms with Crippen LogP contribution >= 0.6 is 0 Å². The number of nitrogens with one attached hydrogen (secondary N) is 1. The van der Waals surface area contributed by atoms with E-state index < -0.39 is 5.54 Å². The van der Waals surface area contributed by atoms with E-state index in [4.69, 9.17) is 5.73 Å². The van der Waals surface area contributed by atoms with Gasteiger partial charge in [-0.05, 0) is 37.5 Å².